The molecule has 0 amide bonds. The van der Waals surface area contributed by atoms with Gasteiger partial charge in [-0.25, -0.2) is 0 Å². The van der Waals surface area contributed by atoms with E-state index in [2.05, 4.69) is 45.1 Å². The van der Waals surface area contributed by atoms with Crippen molar-refractivity contribution < 1.29 is 28.6 Å². The van der Waals surface area contributed by atoms with E-state index in [4.69, 9.17) is 14.2 Å². The molecule has 406 valence electrons. The summed E-state index contributed by atoms with van der Waals surface area (Å²) in [6.45, 7) is 6.64. The van der Waals surface area contributed by atoms with Gasteiger partial charge in [-0.05, 0) is 64.2 Å². The summed E-state index contributed by atoms with van der Waals surface area (Å²) in [4.78, 5) is 38.1. The van der Waals surface area contributed by atoms with Gasteiger partial charge in [-0.1, -0.05) is 283 Å². The Labute approximate surface area is 430 Å². The third kappa shape index (κ3) is 56.7. The standard InChI is InChI=1S/C63H118O6/c1-4-7-10-13-16-19-22-24-26-27-28-29-30-31-32-33-34-35-37-38-41-44-47-50-53-56-62(65)68-59-60(58-67-61(64)55-52-49-46-43-40-21-18-15-12-9-6-3)69-63(66)57-54-51-48-45-42-39-36-25-23-20-17-14-11-8-5-2/h15,18,25,36,60H,4-14,16-17,19-24,26-35,37-59H2,1-3H3/b18-15-,36-25-. The molecular weight excluding hydrogens is 853 g/mol. The van der Waals surface area contributed by atoms with E-state index in [1.165, 1.54) is 231 Å². The lowest BCUT2D eigenvalue weighted by Crippen LogP contribution is -2.30. The summed E-state index contributed by atoms with van der Waals surface area (Å²) in [5, 5.41) is 0. The Bertz CT molecular complexity index is 1110. The zero-order valence-electron chi connectivity index (χ0n) is 46.6. The third-order valence-electron chi connectivity index (χ3n) is 13.9. The van der Waals surface area contributed by atoms with Crippen molar-refractivity contribution in [2.24, 2.45) is 0 Å². The summed E-state index contributed by atoms with van der Waals surface area (Å²) in [5.74, 6) is -0.871. The zero-order valence-corrected chi connectivity index (χ0v) is 46.6. The predicted molar refractivity (Wildman–Crippen MR) is 298 cm³/mol. The van der Waals surface area contributed by atoms with Gasteiger partial charge in [0.25, 0.3) is 0 Å². The van der Waals surface area contributed by atoms with Crippen molar-refractivity contribution in [1.29, 1.82) is 0 Å². The Kier molecular flexibility index (Phi) is 56.7. The number of ether oxygens (including phenoxy) is 3. The predicted octanol–water partition coefficient (Wildman–Crippen LogP) is 20.7. The molecule has 0 saturated carbocycles. The molecule has 0 bridgehead atoms. The maximum Gasteiger partial charge on any atom is 0.306 e. The summed E-state index contributed by atoms with van der Waals surface area (Å²) in [6.07, 6.45) is 69.1. The molecule has 0 aromatic carbocycles. The smallest absolute Gasteiger partial charge is 0.306 e. The molecule has 0 radical (unpaired) electrons. The minimum Gasteiger partial charge on any atom is -0.462 e. The highest BCUT2D eigenvalue weighted by molar-refractivity contribution is 5.71. The number of hydrogen-bond donors (Lipinski definition) is 0. The molecule has 0 spiro atoms. The van der Waals surface area contributed by atoms with Crippen LogP contribution in [-0.2, 0) is 28.6 Å². The van der Waals surface area contributed by atoms with Crippen LogP contribution in [0.2, 0.25) is 0 Å². The largest absolute Gasteiger partial charge is 0.462 e. The van der Waals surface area contributed by atoms with Gasteiger partial charge in [-0.15, -0.1) is 0 Å². The number of carbonyl (C=O) groups excluding carboxylic acids is 3. The van der Waals surface area contributed by atoms with Crippen molar-refractivity contribution >= 4 is 17.9 Å². The fourth-order valence-electron chi connectivity index (χ4n) is 9.25. The minimum atomic E-state index is -0.775. The average Bonchev–Trinajstić information content (AvgIpc) is 3.35. The molecule has 0 aromatic heterocycles. The minimum absolute atomic E-state index is 0.0729. The van der Waals surface area contributed by atoms with E-state index in [1.54, 1.807) is 0 Å². The van der Waals surface area contributed by atoms with Gasteiger partial charge >= 0.3 is 17.9 Å². The molecule has 0 aliphatic rings. The van der Waals surface area contributed by atoms with E-state index in [0.717, 1.165) is 70.6 Å². The number of unbranched alkanes of at least 4 members (excludes halogenated alkanes) is 42. The van der Waals surface area contributed by atoms with Crippen LogP contribution in [0.3, 0.4) is 0 Å². The Balaban J connectivity index is 4.18. The molecule has 1 unspecified atom stereocenters. The number of carbonyl (C=O) groups is 3. The van der Waals surface area contributed by atoms with Crippen LogP contribution in [-0.4, -0.2) is 37.2 Å². The third-order valence-corrected chi connectivity index (χ3v) is 13.9. The van der Waals surface area contributed by atoms with E-state index in [1.807, 2.05) is 0 Å². The lowest BCUT2D eigenvalue weighted by Gasteiger charge is -2.18. The van der Waals surface area contributed by atoms with Crippen LogP contribution in [0, 0.1) is 0 Å². The Hall–Kier alpha value is -2.11. The van der Waals surface area contributed by atoms with Gasteiger partial charge in [-0.2, -0.15) is 0 Å². The first-order valence-electron chi connectivity index (χ1n) is 30.8. The lowest BCUT2D eigenvalue weighted by atomic mass is 10.0. The van der Waals surface area contributed by atoms with Crippen LogP contribution < -0.4 is 0 Å². The van der Waals surface area contributed by atoms with E-state index in [-0.39, 0.29) is 31.1 Å². The summed E-state index contributed by atoms with van der Waals surface area (Å²) < 4.78 is 16.9. The molecule has 1 atom stereocenters. The molecule has 6 heteroatoms. The average molecular weight is 972 g/mol. The normalized spacial score (nSPS) is 12.1. The first-order chi connectivity index (χ1) is 34.0. The fraction of sp³-hybridized carbons (Fsp3) is 0.889. The highest BCUT2D eigenvalue weighted by Gasteiger charge is 2.19. The molecule has 69 heavy (non-hydrogen) atoms. The zero-order chi connectivity index (χ0) is 50.0. The monoisotopic (exact) mass is 971 g/mol. The van der Waals surface area contributed by atoms with E-state index < -0.39 is 6.10 Å². The topological polar surface area (TPSA) is 78.9 Å². The molecule has 0 aromatic rings. The van der Waals surface area contributed by atoms with Crippen molar-refractivity contribution in [3.63, 3.8) is 0 Å². The van der Waals surface area contributed by atoms with Gasteiger partial charge in [0.05, 0.1) is 0 Å². The second-order valence-corrected chi connectivity index (χ2v) is 21.0. The van der Waals surface area contributed by atoms with Crippen LogP contribution in [0.4, 0.5) is 0 Å². The molecule has 0 aliphatic heterocycles. The maximum atomic E-state index is 12.8. The summed E-state index contributed by atoms with van der Waals surface area (Å²) in [7, 11) is 0. The molecule has 0 N–H and O–H groups in total. The number of hydrogen-bond acceptors (Lipinski definition) is 6. The summed E-state index contributed by atoms with van der Waals surface area (Å²) in [5.41, 5.74) is 0. The maximum absolute atomic E-state index is 12.8. The van der Waals surface area contributed by atoms with E-state index >= 15 is 0 Å². The number of esters is 3. The second kappa shape index (κ2) is 58.5. The van der Waals surface area contributed by atoms with Gasteiger partial charge in [0.15, 0.2) is 6.10 Å². The van der Waals surface area contributed by atoms with Gasteiger partial charge in [0.2, 0.25) is 0 Å². The molecule has 0 heterocycles. The molecule has 6 nitrogen and oxygen atoms in total. The highest BCUT2D eigenvalue weighted by atomic mass is 16.6. The quantitative estimate of drug-likeness (QED) is 0.0261. The summed E-state index contributed by atoms with van der Waals surface area (Å²) >= 11 is 0. The van der Waals surface area contributed by atoms with Crippen LogP contribution in [0.25, 0.3) is 0 Å². The first-order valence-corrected chi connectivity index (χ1v) is 30.8. The van der Waals surface area contributed by atoms with Crippen molar-refractivity contribution in [1.82, 2.24) is 0 Å². The van der Waals surface area contributed by atoms with Crippen LogP contribution in [0.15, 0.2) is 24.3 Å². The fourth-order valence-corrected chi connectivity index (χ4v) is 9.25. The van der Waals surface area contributed by atoms with E-state index in [9.17, 15) is 14.4 Å². The van der Waals surface area contributed by atoms with Gasteiger partial charge in [0.1, 0.15) is 13.2 Å². The Morgan fingerprint density at radius 2 is 0.493 bits per heavy atom. The second-order valence-electron chi connectivity index (χ2n) is 21.0. The Morgan fingerprint density at radius 3 is 0.768 bits per heavy atom. The molecule has 0 rings (SSSR count). The van der Waals surface area contributed by atoms with E-state index in [0.29, 0.717) is 19.3 Å². The van der Waals surface area contributed by atoms with Crippen LogP contribution in [0.5, 0.6) is 0 Å². The highest BCUT2D eigenvalue weighted by Crippen LogP contribution is 2.18. The molecule has 0 saturated heterocycles. The first kappa shape index (κ1) is 66.9. The Morgan fingerprint density at radius 1 is 0.275 bits per heavy atom. The number of allylic oxidation sites excluding steroid dienone is 4. The lowest BCUT2D eigenvalue weighted by molar-refractivity contribution is -0.167. The molecule has 0 aliphatic carbocycles. The SMILES string of the molecule is CCCC/C=C\CCCCCCCC(=O)OCC(COC(=O)CCCCCCCCCCCCCCCCCCCCCCCCCCC)OC(=O)CCCCCCC/C=C\CCCCCCCC. The van der Waals surface area contributed by atoms with Crippen molar-refractivity contribution in [3.8, 4) is 0 Å². The summed E-state index contributed by atoms with van der Waals surface area (Å²) in [6, 6.07) is 0. The van der Waals surface area contributed by atoms with Crippen molar-refractivity contribution in [2.45, 2.75) is 348 Å². The van der Waals surface area contributed by atoms with Crippen molar-refractivity contribution in [2.75, 3.05) is 13.2 Å². The molecule has 0 fully saturated rings. The molecular formula is C63H118O6. The van der Waals surface area contributed by atoms with Gasteiger partial charge in [-0.3, -0.25) is 14.4 Å². The van der Waals surface area contributed by atoms with Crippen LogP contribution in [0.1, 0.15) is 342 Å². The number of rotatable bonds is 57. The van der Waals surface area contributed by atoms with Crippen molar-refractivity contribution in [3.05, 3.63) is 24.3 Å². The van der Waals surface area contributed by atoms with Gasteiger partial charge < -0.3 is 14.2 Å². The van der Waals surface area contributed by atoms with Crippen LogP contribution >= 0.6 is 0 Å². The van der Waals surface area contributed by atoms with Gasteiger partial charge in [0, 0.05) is 19.3 Å².